The summed E-state index contributed by atoms with van der Waals surface area (Å²) in [6.45, 7) is 10.7. The summed E-state index contributed by atoms with van der Waals surface area (Å²) in [6, 6.07) is 0. The molecular weight excluding hydrogens is 416 g/mol. The fourth-order valence-corrected chi connectivity index (χ4v) is 9.50. The van der Waals surface area contributed by atoms with E-state index in [1.54, 1.807) is 0 Å². The first-order valence-electron chi connectivity index (χ1n) is 13.7. The lowest BCUT2D eigenvalue weighted by atomic mass is 9.43. The molecular formula is C28H50O5. The van der Waals surface area contributed by atoms with Crippen LogP contribution in [0.15, 0.2) is 0 Å². The van der Waals surface area contributed by atoms with E-state index in [4.69, 9.17) is 0 Å². The second-order valence-electron chi connectivity index (χ2n) is 13.5. The molecule has 0 heterocycles. The molecule has 5 heteroatoms. The van der Waals surface area contributed by atoms with Gasteiger partial charge in [0, 0.05) is 0 Å². The minimum absolute atomic E-state index is 0.00840. The van der Waals surface area contributed by atoms with E-state index in [1.165, 1.54) is 0 Å². The van der Waals surface area contributed by atoms with Crippen LogP contribution in [0.4, 0.5) is 0 Å². The van der Waals surface area contributed by atoms with E-state index >= 15 is 0 Å². The maximum Gasteiger partial charge on any atom is 0.0900 e. The smallest absolute Gasteiger partial charge is 0.0900 e. The van der Waals surface area contributed by atoms with Gasteiger partial charge >= 0.3 is 0 Å². The number of hydrogen-bond donors (Lipinski definition) is 5. The molecule has 4 rings (SSSR count). The lowest BCUT2D eigenvalue weighted by molar-refractivity contribution is -0.181. The zero-order valence-corrected chi connectivity index (χ0v) is 21.6. The molecule has 0 aliphatic heterocycles. The van der Waals surface area contributed by atoms with E-state index in [1.807, 2.05) is 13.8 Å². The fourth-order valence-electron chi connectivity index (χ4n) is 9.50. The number of rotatable bonds is 6. The fraction of sp³-hybridized carbons (Fsp3) is 1.00. The average Bonchev–Trinajstić information content (AvgIpc) is 3.03. The zero-order chi connectivity index (χ0) is 24.3. The Morgan fingerprint density at radius 1 is 0.879 bits per heavy atom. The summed E-state index contributed by atoms with van der Waals surface area (Å²) in [5.74, 6) is 2.01. The predicted molar refractivity (Wildman–Crippen MR) is 129 cm³/mol. The Kier molecular flexibility index (Phi) is 7.08. The molecule has 0 saturated heterocycles. The van der Waals surface area contributed by atoms with Crippen LogP contribution in [0.25, 0.3) is 0 Å². The normalized spacial score (nSPS) is 50.3. The predicted octanol–water partition coefficient (Wildman–Crippen LogP) is 3.74. The van der Waals surface area contributed by atoms with Gasteiger partial charge in [-0.05, 0) is 110 Å². The molecule has 0 radical (unpaired) electrons. The van der Waals surface area contributed by atoms with E-state index in [2.05, 4.69) is 20.8 Å². The van der Waals surface area contributed by atoms with Crippen molar-refractivity contribution in [2.24, 2.45) is 52.3 Å². The molecule has 0 amide bonds. The van der Waals surface area contributed by atoms with Crippen LogP contribution in [-0.2, 0) is 0 Å². The molecule has 0 aromatic carbocycles. The summed E-state index contributed by atoms with van der Waals surface area (Å²) in [5.41, 5.74) is -0.931. The molecule has 0 aromatic rings. The van der Waals surface area contributed by atoms with Gasteiger partial charge in [-0.1, -0.05) is 34.6 Å². The van der Waals surface area contributed by atoms with Crippen LogP contribution in [0.5, 0.6) is 0 Å². The van der Waals surface area contributed by atoms with Gasteiger partial charge in [-0.2, -0.15) is 0 Å². The van der Waals surface area contributed by atoms with Gasteiger partial charge < -0.3 is 25.5 Å². The first kappa shape index (κ1) is 25.9. The van der Waals surface area contributed by atoms with Crippen LogP contribution in [0.2, 0.25) is 0 Å². The lowest BCUT2D eigenvalue weighted by Crippen LogP contribution is -2.59. The van der Waals surface area contributed by atoms with Gasteiger partial charge in [0.05, 0.1) is 30.5 Å². The van der Waals surface area contributed by atoms with Crippen molar-refractivity contribution in [3.8, 4) is 0 Å². The third-order valence-corrected chi connectivity index (χ3v) is 11.8. The summed E-state index contributed by atoms with van der Waals surface area (Å²) in [6.07, 6.45) is 6.78. The van der Waals surface area contributed by atoms with Crippen molar-refractivity contribution < 1.29 is 25.5 Å². The highest BCUT2D eigenvalue weighted by Crippen LogP contribution is 2.68. The van der Waals surface area contributed by atoms with Crippen molar-refractivity contribution in [2.45, 2.75) is 116 Å². The second kappa shape index (κ2) is 9.03. The van der Waals surface area contributed by atoms with Crippen LogP contribution >= 0.6 is 0 Å². The van der Waals surface area contributed by atoms with Crippen molar-refractivity contribution in [3.05, 3.63) is 0 Å². The lowest BCUT2D eigenvalue weighted by Gasteiger charge is -2.62. The number of hydrogen-bond acceptors (Lipinski definition) is 5. The molecule has 0 bridgehead atoms. The molecule has 0 aromatic heterocycles. The highest BCUT2D eigenvalue weighted by atomic mass is 16.3. The maximum absolute atomic E-state index is 11.4. The molecule has 5 nitrogen and oxygen atoms in total. The molecule has 33 heavy (non-hydrogen) atoms. The molecule has 4 saturated carbocycles. The topological polar surface area (TPSA) is 101 Å². The van der Waals surface area contributed by atoms with Gasteiger partial charge in [-0.3, -0.25) is 0 Å². The highest BCUT2D eigenvalue weighted by Gasteiger charge is 2.64. The molecule has 4 fully saturated rings. The Bertz CT molecular complexity index is 698. The van der Waals surface area contributed by atoms with Gasteiger partial charge in [0.25, 0.3) is 0 Å². The van der Waals surface area contributed by atoms with E-state index < -0.39 is 5.60 Å². The van der Waals surface area contributed by atoms with Gasteiger partial charge in [0.2, 0.25) is 0 Å². The standard InChI is InChI=1S/C28H50O5/c1-16(2)28(33,15-29)11-6-17(3)21-14-24(32)25-19-13-23(31)22-12-18(30)7-9-26(22,4)20(19)8-10-27(21,25)5/h16-25,29-33H,6-15H2,1-5H3/t17-,18+,19-,20+,21-,22?,23+,24-,25?,26-,27-,28-/m1/s1. The molecule has 0 spiro atoms. The van der Waals surface area contributed by atoms with Crippen LogP contribution in [0.1, 0.15) is 92.4 Å². The van der Waals surface area contributed by atoms with E-state index in [0.717, 1.165) is 44.9 Å². The quantitative estimate of drug-likeness (QED) is 0.410. The summed E-state index contributed by atoms with van der Waals surface area (Å²) in [4.78, 5) is 0. The first-order chi connectivity index (χ1) is 15.4. The van der Waals surface area contributed by atoms with Crippen molar-refractivity contribution >= 4 is 0 Å². The molecule has 2 unspecified atom stereocenters. The first-order valence-corrected chi connectivity index (χ1v) is 13.7. The monoisotopic (exact) mass is 466 g/mol. The van der Waals surface area contributed by atoms with Gasteiger partial charge in [-0.25, -0.2) is 0 Å². The number of fused-ring (bicyclic) bond motifs is 5. The molecule has 5 N–H and O–H groups in total. The van der Waals surface area contributed by atoms with Crippen molar-refractivity contribution in [1.82, 2.24) is 0 Å². The Morgan fingerprint density at radius 3 is 2.18 bits per heavy atom. The van der Waals surface area contributed by atoms with E-state index in [0.29, 0.717) is 36.5 Å². The second-order valence-corrected chi connectivity index (χ2v) is 13.5. The Hall–Kier alpha value is -0.200. The van der Waals surface area contributed by atoms with Gasteiger partial charge in [-0.15, -0.1) is 0 Å². The Morgan fingerprint density at radius 2 is 1.55 bits per heavy atom. The van der Waals surface area contributed by atoms with E-state index in [-0.39, 0.29) is 53.5 Å². The van der Waals surface area contributed by atoms with Crippen LogP contribution in [0.3, 0.4) is 0 Å². The van der Waals surface area contributed by atoms with Gasteiger partial charge in [0.1, 0.15) is 0 Å². The number of aliphatic hydroxyl groups excluding tert-OH is 4. The molecule has 4 aliphatic carbocycles. The zero-order valence-electron chi connectivity index (χ0n) is 21.6. The van der Waals surface area contributed by atoms with Crippen LogP contribution in [0, 0.1) is 52.3 Å². The summed E-state index contributed by atoms with van der Waals surface area (Å²) >= 11 is 0. The SMILES string of the molecule is CC(C)[C@](O)(CO)CC[C@@H](C)[C@H]1C[C@@H](O)C2[C@@H]3C[C@H](O)C4C[C@@H](O)CC[C@]4(C)[C@H]3CC[C@@]21C. The minimum Gasteiger partial charge on any atom is -0.393 e. The Labute approximate surface area is 201 Å². The molecule has 4 aliphatic rings. The third-order valence-electron chi connectivity index (χ3n) is 11.8. The van der Waals surface area contributed by atoms with Crippen molar-refractivity contribution in [1.29, 1.82) is 0 Å². The third kappa shape index (κ3) is 4.12. The minimum atomic E-state index is -1.04. The highest BCUT2D eigenvalue weighted by molar-refractivity contribution is 5.13. The van der Waals surface area contributed by atoms with Crippen LogP contribution in [-0.4, -0.2) is 56.1 Å². The van der Waals surface area contributed by atoms with E-state index in [9.17, 15) is 25.5 Å². The summed E-state index contributed by atoms with van der Waals surface area (Å²) < 4.78 is 0. The maximum atomic E-state index is 11.4. The largest absolute Gasteiger partial charge is 0.393 e. The number of aliphatic hydroxyl groups is 5. The van der Waals surface area contributed by atoms with Crippen molar-refractivity contribution in [3.63, 3.8) is 0 Å². The molecule has 192 valence electrons. The van der Waals surface area contributed by atoms with Crippen molar-refractivity contribution in [2.75, 3.05) is 6.61 Å². The molecule has 12 atom stereocenters. The van der Waals surface area contributed by atoms with Crippen LogP contribution < -0.4 is 0 Å². The van der Waals surface area contributed by atoms with Gasteiger partial charge in [0.15, 0.2) is 0 Å². The summed E-state index contributed by atoms with van der Waals surface area (Å²) in [7, 11) is 0. The summed E-state index contributed by atoms with van der Waals surface area (Å²) in [5, 5.41) is 53.5. The Balaban J connectivity index is 1.53. The average molecular weight is 467 g/mol.